The number of thiazole rings is 1. The van der Waals surface area contributed by atoms with Crippen LogP contribution in [0, 0.1) is 5.41 Å². The molecule has 1 aliphatic rings. The van der Waals surface area contributed by atoms with Gasteiger partial charge in [0.15, 0.2) is 0 Å². The summed E-state index contributed by atoms with van der Waals surface area (Å²) in [7, 11) is 0. The molecule has 28 heavy (non-hydrogen) atoms. The average molecular weight is 394 g/mol. The Balaban J connectivity index is 1.41. The zero-order valence-corrected chi connectivity index (χ0v) is 16.7. The van der Waals surface area contributed by atoms with Gasteiger partial charge in [-0.25, -0.2) is 4.98 Å². The Hall–Kier alpha value is -2.73. The minimum Gasteiger partial charge on any atom is -0.349 e. The lowest BCUT2D eigenvalue weighted by molar-refractivity contribution is -0.132. The smallest absolute Gasteiger partial charge is 0.253 e. The van der Waals surface area contributed by atoms with Crippen LogP contribution in [0.5, 0.6) is 0 Å². The monoisotopic (exact) mass is 393 g/mol. The van der Waals surface area contributed by atoms with Gasteiger partial charge in [-0.1, -0.05) is 30.3 Å². The fourth-order valence-electron chi connectivity index (χ4n) is 3.73. The molecule has 2 heterocycles. The van der Waals surface area contributed by atoms with Crippen LogP contribution in [0.3, 0.4) is 0 Å². The van der Waals surface area contributed by atoms with Crippen LogP contribution < -0.4 is 5.32 Å². The third kappa shape index (κ3) is 3.78. The van der Waals surface area contributed by atoms with Crippen molar-refractivity contribution in [1.29, 1.82) is 0 Å². The van der Waals surface area contributed by atoms with E-state index < -0.39 is 5.41 Å². The molecule has 0 radical (unpaired) electrons. The molecule has 1 unspecified atom stereocenters. The largest absolute Gasteiger partial charge is 0.349 e. The van der Waals surface area contributed by atoms with Crippen LogP contribution in [0.25, 0.3) is 10.2 Å². The highest BCUT2D eigenvalue weighted by Gasteiger charge is 2.39. The van der Waals surface area contributed by atoms with Gasteiger partial charge >= 0.3 is 0 Å². The van der Waals surface area contributed by atoms with Crippen molar-refractivity contribution in [2.24, 2.45) is 5.41 Å². The SMILES string of the molecule is CC1(C(=O)NCc2nc3ccccc3s2)CCCN(C(=O)c2ccccc2)C1. The summed E-state index contributed by atoms with van der Waals surface area (Å²) in [6.45, 7) is 3.49. The molecule has 2 aromatic carbocycles. The lowest BCUT2D eigenvalue weighted by Crippen LogP contribution is -2.51. The van der Waals surface area contributed by atoms with Crippen LogP contribution in [0.1, 0.15) is 35.1 Å². The van der Waals surface area contributed by atoms with Gasteiger partial charge in [-0.15, -0.1) is 11.3 Å². The highest BCUT2D eigenvalue weighted by Crippen LogP contribution is 2.31. The number of likely N-dealkylation sites (tertiary alicyclic amines) is 1. The van der Waals surface area contributed by atoms with Gasteiger partial charge in [0.1, 0.15) is 5.01 Å². The third-order valence-electron chi connectivity index (χ3n) is 5.29. The van der Waals surface area contributed by atoms with Crippen LogP contribution in [0.15, 0.2) is 54.6 Å². The molecule has 1 aromatic heterocycles. The molecule has 1 N–H and O–H groups in total. The van der Waals surface area contributed by atoms with Crippen LogP contribution in [-0.4, -0.2) is 34.8 Å². The number of amides is 2. The molecule has 2 amide bonds. The van der Waals surface area contributed by atoms with Crippen molar-refractivity contribution < 1.29 is 9.59 Å². The Morgan fingerprint density at radius 2 is 1.89 bits per heavy atom. The van der Waals surface area contributed by atoms with E-state index in [1.54, 1.807) is 16.2 Å². The van der Waals surface area contributed by atoms with E-state index in [2.05, 4.69) is 10.3 Å². The molecule has 0 bridgehead atoms. The number of benzene rings is 2. The van der Waals surface area contributed by atoms with Crippen LogP contribution >= 0.6 is 11.3 Å². The highest BCUT2D eigenvalue weighted by molar-refractivity contribution is 7.18. The van der Waals surface area contributed by atoms with E-state index in [9.17, 15) is 9.59 Å². The first-order valence-electron chi connectivity index (χ1n) is 9.52. The number of nitrogens with one attached hydrogen (secondary N) is 1. The second-order valence-electron chi connectivity index (χ2n) is 7.51. The predicted octanol–water partition coefficient (Wildman–Crippen LogP) is 3.86. The molecule has 3 aromatic rings. The third-order valence-corrected chi connectivity index (χ3v) is 6.33. The minimum absolute atomic E-state index is 0.00880. The molecule has 0 aliphatic carbocycles. The van der Waals surface area contributed by atoms with Crippen molar-refractivity contribution in [3.63, 3.8) is 0 Å². The first-order chi connectivity index (χ1) is 13.5. The molecule has 5 nitrogen and oxygen atoms in total. The molecule has 1 aliphatic heterocycles. The van der Waals surface area contributed by atoms with Gasteiger partial charge in [0, 0.05) is 18.7 Å². The number of carbonyl (C=O) groups excluding carboxylic acids is 2. The maximum absolute atomic E-state index is 12.9. The van der Waals surface area contributed by atoms with Crippen molar-refractivity contribution in [1.82, 2.24) is 15.2 Å². The normalized spacial score (nSPS) is 19.5. The van der Waals surface area contributed by atoms with Crippen LogP contribution in [0.2, 0.25) is 0 Å². The molecule has 0 saturated carbocycles. The summed E-state index contributed by atoms with van der Waals surface area (Å²) in [5, 5.41) is 3.94. The van der Waals surface area contributed by atoms with Gasteiger partial charge in [-0.3, -0.25) is 9.59 Å². The molecular formula is C22H23N3O2S. The zero-order valence-electron chi connectivity index (χ0n) is 15.9. The van der Waals surface area contributed by atoms with Crippen molar-refractivity contribution in [3.05, 3.63) is 65.2 Å². The Morgan fingerprint density at radius 1 is 1.14 bits per heavy atom. The standard InChI is InChI=1S/C22H23N3O2S/c1-22(12-7-13-25(15-22)20(26)16-8-3-2-4-9-16)21(27)23-14-19-24-17-10-5-6-11-18(17)28-19/h2-6,8-11H,7,12-15H2,1H3,(H,23,27). The summed E-state index contributed by atoms with van der Waals surface area (Å²) >= 11 is 1.60. The topological polar surface area (TPSA) is 62.3 Å². The Bertz CT molecular complexity index is 968. The summed E-state index contributed by atoms with van der Waals surface area (Å²) < 4.78 is 1.12. The molecule has 6 heteroatoms. The average Bonchev–Trinajstić information content (AvgIpc) is 3.15. The van der Waals surface area contributed by atoms with E-state index in [0.717, 1.165) is 28.1 Å². The Morgan fingerprint density at radius 3 is 2.68 bits per heavy atom. The molecule has 0 spiro atoms. The number of hydrogen-bond donors (Lipinski definition) is 1. The van der Waals surface area contributed by atoms with Gasteiger partial charge in [0.2, 0.25) is 5.91 Å². The summed E-state index contributed by atoms with van der Waals surface area (Å²) in [5.41, 5.74) is 1.04. The predicted molar refractivity (Wildman–Crippen MR) is 111 cm³/mol. The van der Waals surface area contributed by atoms with Crippen molar-refractivity contribution in [3.8, 4) is 0 Å². The number of fused-ring (bicyclic) bond motifs is 1. The van der Waals surface area contributed by atoms with Crippen molar-refractivity contribution >= 4 is 33.4 Å². The maximum atomic E-state index is 12.9. The zero-order chi connectivity index (χ0) is 19.6. The summed E-state index contributed by atoms with van der Waals surface area (Å²) in [6, 6.07) is 17.2. The summed E-state index contributed by atoms with van der Waals surface area (Å²) in [5.74, 6) is -0.0252. The lowest BCUT2D eigenvalue weighted by atomic mass is 9.80. The van der Waals surface area contributed by atoms with Crippen molar-refractivity contribution in [2.75, 3.05) is 13.1 Å². The second kappa shape index (κ2) is 7.72. The van der Waals surface area contributed by atoms with Gasteiger partial charge in [0.25, 0.3) is 5.91 Å². The van der Waals surface area contributed by atoms with Gasteiger partial charge in [-0.2, -0.15) is 0 Å². The van der Waals surface area contributed by atoms with E-state index >= 15 is 0 Å². The number of carbonyl (C=O) groups is 2. The Labute approximate surface area is 168 Å². The van der Waals surface area contributed by atoms with E-state index in [-0.39, 0.29) is 11.8 Å². The molecule has 1 atom stereocenters. The molecular weight excluding hydrogens is 370 g/mol. The number of rotatable bonds is 4. The number of para-hydroxylation sites is 1. The number of hydrogen-bond acceptors (Lipinski definition) is 4. The highest BCUT2D eigenvalue weighted by atomic mass is 32.1. The lowest BCUT2D eigenvalue weighted by Gasteiger charge is -2.39. The van der Waals surface area contributed by atoms with Gasteiger partial charge in [0.05, 0.1) is 22.2 Å². The van der Waals surface area contributed by atoms with Crippen LogP contribution in [-0.2, 0) is 11.3 Å². The van der Waals surface area contributed by atoms with E-state index in [0.29, 0.717) is 25.2 Å². The maximum Gasteiger partial charge on any atom is 0.253 e. The van der Waals surface area contributed by atoms with E-state index in [1.807, 2.05) is 61.5 Å². The summed E-state index contributed by atoms with van der Waals surface area (Å²) in [6.07, 6.45) is 1.60. The second-order valence-corrected chi connectivity index (χ2v) is 8.63. The molecule has 4 rings (SSSR count). The molecule has 144 valence electrons. The van der Waals surface area contributed by atoms with E-state index in [4.69, 9.17) is 0 Å². The quantitative estimate of drug-likeness (QED) is 0.732. The first kappa shape index (κ1) is 18.6. The van der Waals surface area contributed by atoms with Crippen molar-refractivity contribution in [2.45, 2.75) is 26.3 Å². The van der Waals surface area contributed by atoms with Crippen LogP contribution in [0.4, 0.5) is 0 Å². The van der Waals surface area contributed by atoms with Gasteiger partial charge in [-0.05, 0) is 44.0 Å². The Kier molecular flexibility index (Phi) is 5.13. The minimum atomic E-state index is -0.584. The molecule has 1 saturated heterocycles. The number of aromatic nitrogens is 1. The van der Waals surface area contributed by atoms with Gasteiger partial charge < -0.3 is 10.2 Å². The fourth-order valence-corrected chi connectivity index (χ4v) is 4.63. The summed E-state index contributed by atoms with van der Waals surface area (Å²) in [4.78, 5) is 32.1. The molecule has 1 fully saturated rings. The number of piperidine rings is 1. The first-order valence-corrected chi connectivity index (χ1v) is 10.3. The van der Waals surface area contributed by atoms with E-state index in [1.165, 1.54) is 0 Å². The number of nitrogens with zero attached hydrogens (tertiary/aromatic N) is 2. The fraction of sp³-hybridized carbons (Fsp3) is 0.318.